The van der Waals surface area contributed by atoms with Crippen molar-refractivity contribution >= 4 is 40.9 Å². The van der Waals surface area contributed by atoms with Crippen LogP contribution in [0.25, 0.3) is 6.08 Å². The van der Waals surface area contributed by atoms with E-state index < -0.39 is 22.4 Å². The van der Waals surface area contributed by atoms with E-state index in [9.17, 15) is 24.8 Å². The van der Waals surface area contributed by atoms with Crippen molar-refractivity contribution in [2.24, 2.45) is 0 Å². The molecule has 130 valence electrons. The average molecular weight is 363 g/mol. The quantitative estimate of drug-likeness (QED) is 0.201. The molecule has 10 heteroatoms. The first-order valence-corrected chi connectivity index (χ1v) is 7.26. The third kappa shape index (κ3) is 3.48. The van der Waals surface area contributed by atoms with E-state index in [1.807, 2.05) is 0 Å². The molecule has 0 bridgehead atoms. The molecule has 9 nitrogen and oxygen atoms in total. The van der Waals surface area contributed by atoms with Crippen molar-refractivity contribution in [3.8, 4) is 11.5 Å². The highest BCUT2D eigenvalue weighted by Crippen LogP contribution is 2.35. The molecule has 1 aromatic rings. The van der Waals surface area contributed by atoms with Gasteiger partial charge in [-0.2, -0.15) is 0 Å². The maximum atomic E-state index is 12.4. The maximum absolute atomic E-state index is 12.4. The standard InChI is InChI=1S/C15H13N3O6S/c1-3-4-17-14(21)9(13(20)16-15(17)25)5-8-6-10(18(22)23)12(24-2)7-11(8)19/h3,5-7,19H,1,4H2,2H3,(H,16,20,25). The van der Waals surface area contributed by atoms with E-state index >= 15 is 0 Å². The molecule has 0 aliphatic carbocycles. The van der Waals surface area contributed by atoms with Gasteiger partial charge in [0.05, 0.1) is 12.0 Å². The minimum atomic E-state index is -0.770. The molecule has 1 fully saturated rings. The van der Waals surface area contributed by atoms with Crippen LogP contribution in [0, 0.1) is 10.1 Å². The summed E-state index contributed by atoms with van der Waals surface area (Å²) in [6.45, 7) is 3.57. The van der Waals surface area contributed by atoms with Crippen molar-refractivity contribution in [2.75, 3.05) is 13.7 Å². The number of amides is 2. The van der Waals surface area contributed by atoms with Crippen LogP contribution in [0.1, 0.15) is 5.56 Å². The van der Waals surface area contributed by atoms with E-state index in [2.05, 4.69) is 11.9 Å². The van der Waals surface area contributed by atoms with Crippen LogP contribution in [0.3, 0.4) is 0 Å². The summed E-state index contributed by atoms with van der Waals surface area (Å²) < 4.78 is 4.83. The summed E-state index contributed by atoms with van der Waals surface area (Å²) in [4.78, 5) is 35.9. The molecule has 25 heavy (non-hydrogen) atoms. The zero-order valence-electron chi connectivity index (χ0n) is 13.0. The second kappa shape index (κ2) is 7.09. The van der Waals surface area contributed by atoms with Crippen LogP contribution in [-0.4, -0.2) is 45.5 Å². The van der Waals surface area contributed by atoms with Gasteiger partial charge in [0.25, 0.3) is 11.8 Å². The Morgan fingerprint density at radius 1 is 1.48 bits per heavy atom. The minimum absolute atomic E-state index is 0.0722. The van der Waals surface area contributed by atoms with Gasteiger partial charge in [-0.25, -0.2) is 0 Å². The Labute approximate surface area is 147 Å². The number of hydrogen-bond acceptors (Lipinski definition) is 7. The van der Waals surface area contributed by atoms with Crippen molar-refractivity contribution in [3.05, 3.63) is 46.0 Å². The smallest absolute Gasteiger partial charge is 0.311 e. The number of methoxy groups -OCH3 is 1. The van der Waals surface area contributed by atoms with Gasteiger partial charge in [0.15, 0.2) is 5.11 Å². The average Bonchev–Trinajstić information content (AvgIpc) is 2.55. The second-order valence-corrected chi connectivity index (χ2v) is 5.25. The number of nitro benzene ring substituents is 1. The number of phenolic OH excluding ortho intramolecular Hbond substituents is 1. The summed E-state index contributed by atoms with van der Waals surface area (Å²) >= 11 is 4.92. The first kappa shape index (κ1) is 18.1. The lowest BCUT2D eigenvalue weighted by atomic mass is 10.1. The molecule has 1 aliphatic heterocycles. The number of carbonyl (C=O) groups excluding carboxylic acids is 2. The lowest BCUT2D eigenvalue weighted by molar-refractivity contribution is -0.385. The van der Waals surface area contributed by atoms with Gasteiger partial charge < -0.3 is 9.84 Å². The summed E-state index contributed by atoms with van der Waals surface area (Å²) in [5.74, 6) is -2.02. The van der Waals surface area contributed by atoms with Crippen molar-refractivity contribution in [1.29, 1.82) is 0 Å². The van der Waals surface area contributed by atoms with Crippen LogP contribution in [0.5, 0.6) is 11.5 Å². The van der Waals surface area contributed by atoms with E-state index in [1.165, 1.54) is 13.2 Å². The van der Waals surface area contributed by atoms with Crippen molar-refractivity contribution in [3.63, 3.8) is 0 Å². The van der Waals surface area contributed by atoms with Crippen LogP contribution in [0.15, 0.2) is 30.4 Å². The fraction of sp³-hybridized carbons (Fsp3) is 0.133. The molecule has 1 heterocycles. The molecule has 0 atom stereocenters. The normalized spacial score (nSPS) is 16.0. The first-order valence-electron chi connectivity index (χ1n) is 6.85. The molecule has 1 saturated heterocycles. The third-order valence-corrected chi connectivity index (χ3v) is 3.64. The minimum Gasteiger partial charge on any atom is -0.507 e. The number of nitrogens with one attached hydrogen (secondary N) is 1. The monoisotopic (exact) mass is 363 g/mol. The largest absolute Gasteiger partial charge is 0.507 e. The third-order valence-electron chi connectivity index (χ3n) is 3.32. The van der Waals surface area contributed by atoms with E-state index in [0.717, 1.165) is 23.1 Å². The van der Waals surface area contributed by atoms with E-state index in [-0.39, 0.29) is 34.3 Å². The van der Waals surface area contributed by atoms with Gasteiger partial charge in [-0.1, -0.05) is 6.08 Å². The second-order valence-electron chi connectivity index (χ2n) is 4.86. The van der Waals surface area contributed by atoms with Crippen molar-refractivity contribution < 1.29 is 24.4 Å². The van der Waals surface area contributed by atoms with Crippen LogP contribution >= 0.6 is 12.2 Å². The van der Waals surface area contributed by atoms with Gasteiger partial charge in [-0.15, -0.1) is 6.58 Å². The number of ether oxygens (including phenoxy) is 1. The Morgan fingerprint density at radius 2 is 2.16 bits per heavy atom. The Bertz CT molecular complexity index is 833. The first-order chi connectivity index (χ1) is 11.8. The molecule has 1 aliphatic rings. The number of nitrogens with zero attached hydrogens (tertiary/aromatic N) is 2. The number of rotatable bonds is 5. The number of phenols is 1. The van der Waals surface area contributed by atoms with Crippen LogP contribution in [0.4, 0.5) is 5.69 Å². The summed E-state index contributed by atoms with van der Waals surface area (Å²) in [5, 5.41) is 23.4. The maximum Gasteiger partial charge on any atom is 0.311 e. The van der Waals surface area contributed by atoms with Gasteiger partial charge in [0.2, 0.25) is 5.75 Å². The van der Waals surface area contributed by atoms with Crippen LogP contribution in [-0.2, 0) is 9.59 Å². The topological polar surface area (TPSA) is 122 Å². The number of nitro groups is 1. The molecule has 1 aromatic carbocycles. The highest BCUT2D eigenvalue weighted by Gasteiger charge is 2.33. The highest BCUT2D eigenvalue weighted by atomic mass is 32.1. The van der Waals surface area contributed by atoms with Gasteiger partial charge in [0, 0.05) is 24.2 Å². The fourth-order valence-electron chi connectivity index (χ4n) is 2.14. The van der Waals surface area contributed by atoms with E-state index in [1.54, 1.807) is 0 Å². The molecule has 0 spiro atoms. The Balaban J connectivity index is 2.54. The SMILES string of the molecule is C=CCN1C(=O)C(=Cc2cc([N+](=O)[O-])c(OC)cc2O)C(=O)NC1=S. The summed E-state index contributed by atoms with van der Waals surface area (Å²) in [7, 11) is 1.21. The van der Waals surface area contributed by atoms with Crippen molar-refractivity contribution in [1.82, 2.24) is 10.2 Å². The van der Waals surface area contributed by atoms with Gasteiger partial charge in [0.1, 0.15) is 11.3 Å². The van der Waals surface area contributed by atoms with E-state index in [0.29, 0.717) is 0 Å². The number of benzene rings is 1. The zero-order valence-corrected chi connectivity index (χ0v) is 13.8. The molecule has 0 radical (unpaired) electrons. The molecule has 2 N–H and O–H groups in total. The van der Waals surface area contributed by atoms with Gasteiger partial charge in [-0.05, 0) is 18.3 Å². The Hall–Kier alpha value is -3.27. The summed E-state index contributed by atoms with van der Waals surface area (Å²) in [6.07, 6.45) is 2.48. The highest BCUT2D eigenvalue weighted by molar-refractivity contribution is 7.80. The predicted octanol–water partition coefficient (Wildman–Crippen LogP) is 1.12. The van der Waals surface area contributed by atoms with Gasteiger partial charge in [-0.3, -0.25) is 29.9 Å². The summed E-state index contributed by atoms with van der Waals surface area (Å²) in [6, 6.07) is 2.04. The van der Waals surface area contributed by atoms with E-state index in [4.69, 9.17) is 17.0 Å². The Morgan fingerprint density at radius 3 is 2.72 bits per heavy atom. The number of hydrogen-bond donors (Lipinski definition) is 2. The lowest BCUT2D eigenvalue weighted by Crippen LogP contribution is -2.53. The number of aromatic hydroxyl groups is 1. The lowest BCUT2D eigenvalue weighted by Gasteiger charge is -2.27. The molecular weight excluding hydrogens is 350 g/mol. The fourth-order valence-corrected chi connectivity index (χ4v) is 2.39. The number of carbonyl (C=O) groups is 2. The molecule has 0 aromatic heterocycles. The molecule has 0 saturated carbocycles. The number of thiocarbonyl (C=S) groups is 1. The van der Waals surface area contributed by atoms with Crippen molar-refractivity contribution in [2.45, 2.75) is 0 Å². The molecule has 0 unspecified atom stereocenters. The van der Waals surface area contributed by atoms with Crippen LogP contribution in [0.2, 0.25) is 0 Å². The molecular formula is C15H13N3O6S. The Kier molecular flexibility index (Phi) is 5.13. The zero-order chi connectivity index (χ0) is 18.7. The van der Waals surface area contributed by atoms with Crippen LogP contribution < -0.4 is 10.1 Å². The predicted molar refractivity (Wildman–Crippen MR) is 91.9 cm³/mol. The molecule has 2 amide bonds. The molecule has 2 rings (SSSR count). The van der Waals surface area contributed by atoms with Gasteiger partial charge >= 0.3 is 5.69 Å². The summed E-state index contributed by atoms with van der Waals surface area (Å²) in [5.41, 5.74) is -0.836.